The molecular formula is C22H30N4O5S. The Balaban J connectivity index is 1.34. The molecule has 32 heavy (non-hydrogen) atoms. The van der Waals surface area contributed by atoms with Crippen LogP contribution in [0.25, 0.3) is 0 Å². The maximum Gasteiger partial charge on any atom is 0.325 e. The molecule has 2 saturated heterocycles. The number of urea groups is 1. The summed E-state index contributed by atoms with van der Waals surface area (Å²) in [6, 6.07) is 8.47. The van der Waals surface area contributed by atoms with Gasteiger partial charge in [0.15, 0.2) is 0 Å². The number of amides is 4. The fourth-order valence-corrected chi connectivity index (χ4v) is 6.48. The van der Waals surface area contributed by atoms with Crippen LogP contribution >= 0.6 is 0 Å². The van der Waals surface area contributed by atoms with Gasteiger partial charge in [0.05, 0.1) is 5.75 Å². The number of nitrogens with one attached hydrogen (secondary N) is 1. The summed E-state index contributed by atoms with van der Waals surface area (Å²) in [4.78, 5) is 41.0. The van der Waals surface area contributed by atoms with Crippen molar-refractivity contribution >= 4 is 27.9 Å². The maximum atomic E-state index is 13.1. The molecule has 2 heterocycles. The molecule has 1 N–H and O–H groups in total. The molecule has 1 spiro atoms. The molecular weight excluding hydrogens is 432 g/mol. The first-order valence-electron chi connectivity index (χ1n) is 11.2. The van der Waals surface area contributed by atoms with Crippen LogP contribution in [0, 0.1) is 5.92 Å². The van der Waals surface area contributed by atoms with E-state index in [1.54, 1.807) is 24.3 Å². The Morgan fingerprint density at radius 2 is 1.78 bits per heavy atom. The standard InChI is InChI=1S/C22H30N4O5S/c1-17-7-5-6-10-22(17)20(28)26(21(29)23-22)15-19(27)24-11-13-25(14-12-24)32(30,31)16-18-8-3-2-4-9-18/h2-4,8-9,17H,5-7,10-16H2,1H3,(H,23,29)/t17-,22+/m0/s1. The predicted molar refractivity (Wildman–Crippen MR) is 118 cm³/mol. The first-order chi connectivity index (χ1) is 15.2. The molecule has 4 rings (SSSR count). The van der Waals surface area contributed by atoms with Gasteiger partial charge in [-0.1, -0.05) is 50.1 Å². The van der Waals surface area contributed by atoms with E-state index in [2.05, 4.69) is 5.32 Å². The van der Waals surface area contributed by atoms with E-state index in [0.29, 0.717) is 6.42 Å². The van der Waals surface area contributed by atoms with Crippen molar-refractivity contribution in [1.29, 1.82) is 0 Å². The van der Waals surface area contributed by atoms with Gasteiger partial charge in [-0.15, -0.1) is 0 Å². The average Bonchev–Trinajstić information content (AvgIpc) is 3.01. The second-order valence-corrected chi connectivity index (χ2v) is 10.9. The van der Waals surface area contributed by atoms with E-state index in [9.17, 15) is 22.8 Å². The molecule has 0 bridgehead atoms. The molecule has 174 valence electrons. The van der Waals surface area contributed by atoms with Gasteiger partial charge in [-0.25, -0.2) is 13.2 Å². The molecule has 1 aliphatic carbocycles. The minimum atomic E-state index is -3.48. The fourth-order valence-electron chi connectivity index (χ4n) is 4.97. The van der Waals surface area contributed by atoms with Crippen molar-refractivity contribution < 1.29 is 22.8 Å². The van der Waals surface area contributed by atoms with Crippen LogP contribution in [0.1, 0.15) is 38.2 Å². The van der Waals surface area contributed by atoms with E-state index in [4.69, 9.17) is 0 Å². The summed E-state index contributed by atoms with van der Waals surface area (Å²) in [6.07, 6.45) is 3.37. The van der Waals surface area contributed by atoms with Crippen LogP contribution in [-0.2, 0) is 25.4 Å². The number of carbonyl (C=O) groups excluding carboxylic acids is 3. The van der Waals surface area contributed by atoms with Crippen LogP contribution in [0.15, 0.2) is 30.3 Å². The Kier molecular flexibility index (Phi) is 6.26. The maximum absolute atomic E-state index is 13.1. The molecule has 0 unspecified atom stereocenters. The lowest BCUT2D eigenvalue weighted by Crippen LogP contribution is -2.55. The van der Waals surface area contributed by atoms with Gasteiger partial charge in [-0.3, -0.25) is 14.5 Å². The summed E-state index contributed by atoms with van der Waals surface area (Å²) in [5.41, 5.74) is -0.171. The van der Waals surface area contributed by atoms with Gasteiger partial charge >= 0.3 is 6.03 Å². The quantitative estimate of drug-likeness (QED) is 0.661. The Labute approximate surface area is 188 Å². The smallest absolute Gasteiger partial charge is 0.325 e. The zero-order valence-corrected chi connectivity index (χ0v) is 19.1. The van der Waals surface area contributed by atoms with Crippen molar-refractivity contribution in [3.05, 3.63) is 35.9 Å². The van der Waals surface area contributed by atoms with Gasteiger partial charge in [0.2, 0.25) is 15.9 Å². The Morgan fingerprint density at radius 3 is 2.44 bits per heavy atom. The van der Waals surface area contributed by atoms with Crippen molar-refractivity contribution in [2.24, 2.45) is 5.92 Å². The van der Waals surface area contributed by atoms with Crippen LogP contribution < -0.4 is 5.32 Å². The highest BCUT2D eigenvalue weighted by molar-refractivity contribution is 7.88. The van der Waals surface area contributed by atoms with Crippen molar-refractivity contribution in [2.45, 2.75) is 43.9 Å². The number of carbonyl (C=O) groups is 3. The number of nitrogens with zero attached hydrogens (tertiary/aromatic N) is 3. The Bertz CT molecular complexity index is 991. The lowest BCUT2D eigenvalue weighted by molar-refractivity contribution is -0.141. The van der Waals surface area contributed by atoms with Gasteiger partial charge in [0, 0.05) is 26.2 Å². The van der Waals surface area contributed by atoms with Gasteiger partial charge < -0.3 is 10.2 Å². The molecule has 1 aromatic rings. The van der Waals surface area contributed by atoms with Crippen LogP contribution in [-0.4, -0.2) is 78.6 Å². The molecule has 1 saturated carbocycles. The predicted octanol–water partition coefficient (Wildman–Crippen LogP) is 1.16. The Hall–Kier alpha value is -2.46. The third kappa shape index (κ3) is 4.25. The highest BCUT2D eigenvalue weighted by Crippen LogP contribution is 2.38. The number of imide groups is 1. The molecule has 0 aromatic heterocycles. The number of benzene rings is 1. The highest BCUT2D eigenvalue weighted by atomic mass is 32.2. The van der Waals surface area contributed by atoms with Gasteiger partial charge in [-0.2, -0.15) is 4.31 Å². The minimum absolute atomic E-state index is 0.0335. The molecule has 3 fully saturated rings. The van der Waals surface area contributed by atoms with Crippen molar-refractivity contribution in [2.75, 3.05) is 32.7 Å². The molecule has 9 nitrogen and oxygen atoms in total. The molecule has 10 heteroatoms. The summed E-state index contributed by atoms with van der Waals surface area (Å²) in [7, 11) is -3.48. The molecule has 0 radical (unpaired) electrons. The average molecular weight is 463 g/mol. The number of hydrogen-bond donors (Lipinski definition) is 1. The number of sulfonamides is 1. The van der Waals surface area contributed by atoms with Crippen molar-refractivity contribution in [3.63, 3.8) is 0 Å². The van der Waals surface area contributed by atoms with E-state index in [1.807, 2.05) is 13.0 Å². The van der Waals surface area contributed by atoms with E-state index in [1.165, 1.54) is 9.21 Å². The number of piperazine rings is 1. The van der Waals surface area contributed by atoms with Gasteiger partial charge in [-0.05, 0) is 24.3 Å². The summed E-state index contributed by atoms with van der Waals surface area (Å²) >= 11 is 0. The largest absolute Gasteiger partial charge is 0.338 e. The fraction of sp³-hybridized carbons (Fsp3) is 0.591. The summed E-state index contributed by atoms with van der Waals surface area (Å²) in [6.45, 7) is 2.52. The molecule has 2 atom stereocenters. The molecule has 2 aliphatic heterocycles. The second kappa shape index (κ2) is 8.82. The normalized spacial score (nSPS) is 27.1. The van der Waals surface area contributed by atoms with Crippen molar-refractivity contribution in [1.82, 2.24) is 19.4 Å². The van der Waals surface area contributed by atoms with Gasteiger partial charge in [0.1, 0.15) is 12.1 Å². The second-order valence-electron chi connectivity index (χ2n) is 8.96. The van der Waals surface area contributed by atoms with Crippen LogP contribution in [0.5, 0.6) is 0 Å². The minimum Gasteiger partial charge on any atom is -0.338 e. The number of rotatable bonds is 5. The van der Waals surface area contributed by atoms with E-state index in [-0.39, 0.29) is 56.2 Å². The highest BCUT2D eigenvalue weighted by Gasteiger charge is 2.55. The molecule has 1 aromatic carbocycles. The first-order valence-corrected chi connectivity index (χ1v) is 12.8. The summed E-state index contributed by atoms with van der Waals surface area (Å²) in [5, 5.41) is 2.86. The van der Waals surface area contributed by atoms with Crippen LogP contribution in [0.3, 0.4) is 0 Å². The first kappa shape index (κ1) is 22.7. The summed E-state index contributed by atoms with van der Waals surface area (Å²) < 4.78 is 26.8. The van der Waals surface area contributed by atoms with E-state index >= 15 is 0 Å². The summed E-state index contributed by atoms with van der Waals surface area (Å²) in [5.74, 6) is -0.697. The monoisotopic (exact) mass is 462 g/mol. The van der Waals surface area contributed by atoms with Crippen LogP contribution in [0.4, 0.5) is 4.79 Å². The van der Waals surface area contributed by atoms with E-state index < -0.39 is 21.6 Å². The van der Waals surface area contributed by atoms with Gasteiger partial charge in [0.25, 0.3) is 5.91 Å². The molecule has 4 amide bonds. The van der Waals surface area contributed by atoms with E-state index in [0.717, 1.165) is 29.7 Å². The zero-order chi connectivity index (χ0) is 22.9. The lowest BCUT2D eigenvalue weighted by atomic mass is 9.73. The van der Waals surface area contributed by atoms with Crippen molar-refractivity contribution in [3.8, 4) is 0 Å². The SMILES string of the molecule is C[C@H]1CCCC[C@@]12NC(=O)N(CC(=O)N1CCN(S(=O)(=O)Cc3ccccc3)CC1)C2=O. The van der Waals surface area contributed by atoms with Crippen LogP contribution in [0.2, 0.25) is 0 Å². The Morgan fingerprint density at radius 1 is 1.09 bits per heavy atom. The lowest BCUT2D eigenvalue weighted by Gasteiger charge is -2.37. The third-order valence-electron chi connectivity index (χ3n) is 6.97. The zero-order valence-electron chi connectivity index (χ0n) is 18.3. The number of hydrogen-bond acceptors (Lipinski definition) is 5. The third-order valence-corrected chi connectivity index (χ3v) is 8.82. The molecule has 3 aliphatic rings. The topological polar surface area (TPSA) is 107 Å².